The fourth-order valence-corrected chi connectivity index (χ4v) is 4.82. The van der Waals surface area contributed by atoms with Crippen molar-refractivity contribution in [3.63, 3.8) is 0 Å². The first kappa shape index (κ1) is 22.0. The van der Waals surface area contributed by atoms with Crippen molar-refractivity contribution in [1.29, 1.82) is 0 Å². The van der Waals surface area contributed by atoms with Crippen molar-refractivity contribution in [3.05, 3.63) is 89.5 Å². The number of methoxy groups -OCH3 is 1. The lowest BCUT2D eigenvalue weighted by atomic mass is 10.0. The lowest BCUT2D eigenvalue weighted by Crippen LogP contribution is -2.27. The van der Waals surface area contributed by atoms with Gasteiger partial charge in [-0.25, -0.2) is 0 Å². The first-order valence-corrected chi connectivity index (χ1v) is 11.6. The van der Waals surface area contributed by atoms with Gasteiger partial charge in [0.05, 0.1) is 12.9 Å². The minimum Gasteiger partial charge on any atom is -0.497 e. The maximum Gasteiger partial charge on any atom is 0.255 e. The largest absolute Gasteiger partial charge is 0.497 e. The maximum atomic E-state index is 12.6. The second-order valence-corrected chi connectivity index (χ2v) is 9.05. The molecule has 0 unspecified atom stereocenters. The van der Waals surface area contributed by atoms with Crippen LogP contribution in [-0.2, 0) is 4.79 Å². The van der Waals surface area contributed by atoms with Crippen LogP contribution in [0.3, 0.4) is 0 Å². The summed E-state index contributed by atoms with van der Waals surface area (Å²) in [6.07, 6.45) is 0. The van der Waals surface area contributed by atoms with Crippen LogP contribution >= 0.6 is 11.8 Å². The molecule has 6 heteroatoms. The van der Waals surface area contributed by atoms with Crippen molar-refractivity contribution in [2.24, 2.45) is 0 Å². The van der Waals surface area contributed by atoms with Gasteiger partial charge in [-0.15, -0.1) is 11.8 Å². The minimum absolute atomic E-state index is 0.0845. The number of carbonyl (C=O) groups is 2. The standard InChI is InChI=1S/C26H26N2O3S/c1-17(2)18-6-12-22(13-7-18)28-24(29)16-32-26(28)20-4-10-21(11-5-20)27-25(30)19-8-14-23(31-3)15-9-19/h4-15,17,26H,16H2,1-3H3,(H,27,30)/t26-/m0/s1. The number of nitrogens with one attached hydrogen (secondary N) is 1. The zero-order chi connectivity index (χ0) is 22.7. The van der Waals surface area contributed by atoms with Crippen LogP contribution in [-0.4, -0.2) is 24.7 Å². The lowest BCUT2D eigenvalue weighted by Gasteiger charge is -2.25. The first-order chi connectivity index (χ1) is 15.5. The average molecular weight is 447 g/mol. The lowest BCUT2D eigenvalue weighted by molar-refractivity contribution is -0.115. The number of hydrogen-bond acceptors (Lipinski definition) is 4. The van der Waals surface area contributed by atoms with Gasteiger partial charge in [0.15, 0.2) is 0 Å². The molecule has 5 nitrogen and oxygen atoms in total. The summed E-state index contributed by atoms with van der Waals surface area (Å²) in [6, 6.07) is 22.9. The van der Waals surface area contributed by atoms with Crippen LogP contribution in [0.15, 0.2) is 72.8 Å². The van der Waals surface area contributed by atoms with Crippen LogP contribution in [0.1, 0.15) is 46.6 Å². The minimum atomic E-state index is -0.183. The summed E-state index contributed by atoms with van der Waals surface area (Å²) >= 11 is 1.61. The highest BCUT2D eigenvalue weighted by Gasteiger charge is 2.34. The zero-order valence-electron chi connectivity index (χ0n) is 18.4. The normalized spacial score (nSPS) is 15.8. The third-order valence-corrected chi connectivity index (χ3v) is 6.72. The number of rotatable bonds is 6. The van der Waals surface area contributed by atoms with Gasteiger partial charge in [-0.3, -0.25) is 14.5 Å². The van der Waals surface area contributed by atoms with Crippen molar-refractivity contribution < 1.29 is 14.3 Å². The van der Waals surface area contributed by atoms with Crippen LogP contribution < -0.4 is 15.0 Å². The van der Waals surface area contributed by atoms with E-state index in [4.69, 9.17) is 4.74 Å². The van der Waals surface area contributed by atoms with Gasteiger partial charge in [0.2, 0.25) is 5.91 Å². The molecule has 1 atom stereocenters. The summed E-state index contributed by atoms with van der Waals surface area (Å²) in [6.45, 7) is 4.31. The highest BCUT2D eigenvalue weighted by molar-refractivity contribution is 8.00. The van der Waals surface area contributed by atoms with Gasteiger partial charge in [0.25, 0.3) is 5.91 Å². The van der Waals surface area contributed by atoms with E-state index in [2.05, 4.69) is 31.3 Å². The molecule has 0 aliphatic carbocycles. The van der Waals surface area contributed by atoms with Crippen LogP contribution in [0, 0.1) is 0 Å². The third kappa shape index (κ3) is 4.65. The smallest absolute Gasteiger partial charge is 0.255 e. The van der Waals surface area contributed by atoms with Gasteiger partial charge < -0.3 is 10.1 Å². The molecule has 0 saturated carbocycles. The van der Waals surface area contributed by atoms with Crippen molar-refractivity contribution in [1.82, 2.24) is 0 Å². The summed E-state index contributed by atoms with van der Waals surface area (Å²) in [5, 5.41) is 2.83. The molecule has 32 heavy (non-hydrogen) atoms. The van der Waals surface area contributed by atoms with Crippen LogP contribution in [0.5, 0.6) is 5.75 Å². The molecule has 0 bridgehead atoms. The van der Waals surface area contributed by atoms with Gasteiger partial charge >= 0.3 is 0 Å². The van der Waals surface area contributed by atoms with Crippen molar-refractivity contribution >= 4 is 35.0 Å². The summed E-state index contributed by atoms with van der Waals surface area (Å²) < 4.78 is 5.13. The Kier molecular flexibility index (Phi) is 6.51. The molecule has 164 valence electrons. The Labute approximate surface area is 192 Å². The molecule has 0 spiro atoms. The molecule has 1 N–H and O–H groups in total. The molecule has 3 aromatic rings. The maximum absolute atomic E-state index is 12.6. The van der Waals surface area contributed by atoms with E-state index in [1.54, 1.807) is 43.1 Å². The molecule has 1 aliphatic rings. The number of ether oxygens (including phenoxy) is 1. The van der Waals surface area contributed by atoms with Gasteiger partial charge in [0.1, 0.15) is 11.1 Å². The highest BCUT2D eigenvalue weighted by Crippen LogP contribution is 2.42. The zero-order valence-corrected chi connectivity index (χ0v) is 19.2. The number of hydrogen-bond donors (Lipinski definition) is 1. The highest BCUT2D eigenvalue weighted by atomic mass is 32.2. The molecule has 1 saturated heterocycles. The Hall–Kier alpha value is -3.25. The van der Waals surface area contributed by atoms with E-state index >= 15 is 0 Å². The second-order valence-electron chi connectivity index (χ2n) is 7.98. The molecule has 0 aromatic heterocycles. The number of carbonyl (C=O) groups excluding carboxylic acids is 2. The van der Waals surface area contributed by atoms with Crippen molar-refractivity contribution in [2.75, 3.05) is 23.1 Å². The summed E-state index contributed by atoms with van der Waals surface area (Å²) in [5.74, 6) is 1.53. The van der Waals surface area contributed by atoms with Crippen LogP contribution in [0.25, 0.3) is 0 Å². The Morgan fingerprint density at radius 1 is 1.00 bits per heavy atom. The van der Waals surface area contributed by atoms with Gasteiger partial charge in [-0.1, -0.05) is 38.1 Å². The fourth-order valence-electron chi connectivity index (χ4n) is 3.65. The average Bonchev–Trinajstić information content (AvgIpc) is 3.21. The monoisotopic (exact) mass is 446 g/mol. The molecular weight excluding hydrogens is 420 g/mol. The van der Waals surface area contributed by atoms with E-state index in [1.165, 1.54) is 5.56 Å². The molecule has 1 aliphatic heterocycles. The van der Waals surface area contributed by atoms with Crippen LogP contribution in [0.2, 0.25) is 0 Å². The molecular formula is C26H26N2O3S. The Morgan fingerprint density at radius 2 is 1.66 bits per heavy atom. The molecule has 1 heterocycles. The topological polar surface area (TPSA) is 58.6 Å². The summed E-state index contributed by atoms with van der Waals surface area (Å²) in [7, 11) is 1.59. The Balaban J connectivity index is 1.48. The van der Waals surface area contributed by atoms with E-state index in [9.17, 15) is 9.59 Å². The molecule has 0 radical (unpaired) electrons. The van der Waals surface area contributed by atoms with E-state index in [0.29, 0.717) is 28.7 Å². The predicted molar refractivity (Wildman–Crippen MR) is 131 cm³/mol. The third-order valence-electron chi connectivity index (χ3n) is 5.51. The number of thioether (sulfide) groups is 1. The summed E-state index contributed by atoms with van der Waals surface area (Å²) in [5.41, 5.74) is 4.45. The molecule has 4 rings (SSSR count). The van der Waals surface area contributed by atoms with E-state index < -0.39 is 0 Å². The van der Waals surface area contributed by atoms with Crippen LogP contribution in [0.4, 0.5) is 11.4 Å². The van der Waals surface area contributed by atoms with Gasteiger partial charge in [-0.05, 0) is 65.6 Å². The van der Waals surface area contributed by atoms with Crippen molar-refractivity contribution in [3.8, 4) is 5.75 Å². The predicted octanol–water partition coefficient (Wildman–Crippen LogP) is 5.85. The number of amides is 2. The number of benzene rings is 3. The summed E-state index contributed by atoms with van der Waals surface area (Å²) in [4.78, 5) is 27.0. The first-order valence-electron chi connectivity index (χ1n) is 10.6. The fraction of sp³-hybridized carbons (Fsp3) is 0.231. The molecule has 3 aromatic carbocycles. The van der Waals surface area contributed by atoms with E-state index in [-0.39, 0.29) is 17.2 Å². The number of nitrogens with zero attached hydrogens (tertiary/aromatic N) is 1. The van der Waals surface area contributed by atoms with E-state index in [0.717, 1.165) is 11.3 Å². The second kappa shape index (κ2) is 9.49. The Morgan fingerprint density at radius 3 is 2.25 bits per heavy atom. The quantitative estimate of drug-likeness (QED) is 0.516. The SMILES string of the molecule is COc1ccc(C(=O)Nc2ccc([C@@H]3SCC(=O)N3c3ccc(C(C)C)cc3)cc2)cc1. The molecule has 1 fully saturated rings. The molecule has 2 amide bonds. The van der Waals surface area contributed by atoms with Gasteiger partial charge in [-0.2, -0.15) is 0 Å². The van der Waals surface area contributed by atoms with Crippen molar-refractivity contribution in [2.45, 2.75) is 25.1 Å². The number of anilines is 2. The van der Waals surface area contributed by atoms with E-state index in [1.807, 2.05) is 41.3 Å². The van der Waals surface area contributed by atoms with Gasteiger partial charge in [0, 0.05) is 16.9 Å². The Bertz CT molecular complexity index is 1090.